The minimum absolute atomic E-state index is 0.0693. The second-order valence-corrected chi connectivity index (χ2v) is 7.63. The van der Waals surface area contributed by atoms with Crippen LogP contribution in [0.25, 0.3) is 0 Å². The molecule has 0 bridgehead atoms. The molecule has 1 saturated heterocycles. The van der Waals surface area contributed by atoms with Gasteiger partial charge in [0.25, 0.3) is 0 Å². The summed E-state index contributed by atoms with van der Waals surface area (Å²) in [5, 5.41) is 19.5. The number of fused-ring (bicyclic) bond motifs is 1. The van der Waals surface area contributed by atoms with E-state index in [1.807, 2.05) is 31.5 Å². The number of carboxylic acids is 1. The molecule has 0 saturated carbocycles. The fraction of sp³-hybridized carbons (Fsp3) is 0.500. The van der Waals surface area contributed by atoms with Gasteiger partial charge < -0.3 is 15.1 Å². The van der Waals surface area contributed by atoms with Gasteiger partial charge in [-0.2, -0.15) is 0 Å². The molecule has 0 spiro atoms. The molecule has 0 aromatic carbocycles. The molecule has 2 aliphatic heterocycles. The fourth-order valence-electron chi connectivity index (χ4n) is 3.75. The number of amides is 1. The van der Waals surface area contributed by atoms with E-state index in [-0.39, 0.29) is 23.6 Å². The van der Waals surface area contributed by atoms with Gasteiger partial charge in [-0.15, -0.1) is 11.8 Å². The third kappa shape index (κ3) is 2.95. The van der Waals surface area contributed by atoms with Crippen LogP contribution in [0, 0.1) is 11.8 Å². The third-order valence-electron chi connectivity index (χ3n) is 5.14. The van der Waals surface area contributed by atoms with Crippen LogP contribution in [0.15, 0.2) is 40.7 Å². The van der Waals surface area contributed by atoms with Gasteiger partial charge in [0.15, 0.2) is 12.4 Å². The van der Waals surface area contributed by atoms with Gasteiger partial charge in [0.05, 0.1) is 18.1 Å². The van der Waals surface area contributed by atoms with Gasteiger partial charge in [0.2, 0.25) is 5.91 Å². The first-order chi connectivity index (χ1) is 11.9. The van der Waals surface area contributed by atoms with Gasteiger partial charge in [0.1, 0.15) is 12.2 Å². The number of aliphatic hydroxyl groups is 1. The van der Waals surface area contributed by atoms with Gasteiger partial charge >= 0.3 is 5.97 Å². The molecule has 6 nitrogen and oxygen atoms in total. The second kappa shape index (κ2) is 6.80. The Hall–Kier alpha value is -1.86. The molecule has 4 atom stereocenters. The van der Waals surface area contributed by atoms with E-state index in [0.717, 1.165) is 17.0 Å². The first-order valence-electron chi connectivity index (χ1n) is 8.46. The summed E-state index contributed by atoms with van der Waals surface area (Å²) >= 11 is 1.57. The van der Waals surface area contributed by atoms with Crippen LogP contribution in [0.4, 0.5) is 0 Å². The van der Waals surface area contributed by atoms with Gasteiger partial charge in [-0.05, 0) is 19.4 Å². The largest absolute Gasteiger partial charge is 0.477 e. The molecule has 1 amide bonds. The van der Waals surface area contributed by atoms with E-state index in [1.165, 1.54) is 4.90 Å². The maximum absolute atomic E-state index is 12.3. The average molecular weight is 363 g/mol. The highest BCUT2D eigenvalue weighted by Crippen LogP contribution is 2.48. The number of aryl methyl sites for hydroxylation is 1. The molecule has 0 aliphatic carbocycles. The molecule has 1 aromatic rings. The Morgan fingerprint density at radius 1 is 1.40 bits per heavy atom. The zero-order valence-corrected chi connectivity index (χ0v) is 15.4. The second-order valence-electron chi connectivity index (χ2n) is 6.59. The monoisotopic (exact) mass is 363 g/mol. The smallest absolute Gasteiger partial charge is 0.352 e. The lowest BCUT2D eigenvalue weighted by Crippen LogP contribution is -2.63. The van der Waals surface area contributed by atoms with Crippen molar-refractivity contribution in [3.8, 4) is 0 Å². The molecule has 7 heteroatoms. The number of carboxylic acid groups (broad SMARTS) is 1. The number of carbonyl (C=O) groups is 2. The highest BCUT2D eigenvalue weighted by Gasteiger charge is 2.59. The molecule has 25 heavy (non-hydrogen) atoms. The maximum Gasteiger partial charge on any atom is 0.352 e. The van der Waals surface area contributed by atoms with E-state index < -0.39 is 18.0 Å². The molecule has 1 aromatic heterocycles. The Labute approximate surface area is 151 Å². The summed E-state index contributed by atoms with van der Waals surface area (Å²) in [6.07, 6.45) is 3.22. The standard InChI is InChI=1S/C18H22N2O4S/c1-4-19-7-5-12(6-8-19)25-9-13-10(2)15-14(11(3)21)17(22)20(15)16(13)18(23)24/h5-8,10-11,14-15,21H,4,9H2,1-3H3/p+1/t10-,11+,14+,15+/m0/s1. The zero-order chi connectivity index (χ0) is 18.3. The molecular formula is C18H23N2O4S+. The lowest BCUT2D eigenvalue weighted by atomic mass is 9.78. The normalized spacial score (nSPS) is 26.5. The van der Waals surface area contributed by atoms with E-state index in [4.69, 9.17) is 0 Å². The summed E-state index contributed by atoms with van der Waals surface area (Å²) in [6.45, 7) is 6.50. The molecule has 1 fully saturated rings. The van der Waals surface area contributed by atoms with Crippen molar-refractivity contribution < 1.29 is 24.4 Å². The number of aliphatic hydroxyl groups excluding tert-OH is 1. The van der Waals surface area contributed by atoms with Crippen molar-refractivity contribution in [3.05, 3.63) is 35.8 Å². The first-order valence-corrected chi connectivity index (χ1v) is 9.44. The molecule has 134 valence electrons. The summed E-state index contributed by atoms with van der Waals surface area (Å²) in [5.74, 6) is -1.41. The SMILES string of the molecule is CC[n+]1ccc(SCC2=C(C(=O)O)N3C(=O)[C@H]([C@@H](C)O)[C@H]3[C@H]2C)cc1. The third-order valence-corrected chi connectivity index (χ3v) is 6.20. The molecule has 3 heterocycles. The van der Waals surface area contributed by atoms with Crippen LogP contribution in [0.2, 0.25) is 0 Å². The van der Waals surface area contributed by atoms with Gasteiger partial charge in [0, 0.05) is 28.7 Å². The number of carbonyl (C=O) groups excluding carboxylic acids is 1. The molecule has 2 N–H and O–H groups in total. The molecular weight excluding hydrogens is 340 g/mol. The van der Waals surface area contributed by atoms with Crippen molar-refractivity contribution in [2.45, 2.75) is 44.4 Å². The lowest BCUT2D eigenvalue weighted by molar-refractivity contribution is -0.693. The zero-order valence-electron chi connectivity index (χ0n) is 14.5. The van der Waals surface area contributed by atoms with Crippen molar-refractivity contribution in [1.82, 2.24) is 4.90 Å². The van der Waals surface area contributed by atoms with Crippen LogP contribution in [0.1, 0.15) is 20.8 Å². The van der Waals surface area contributed by atoms with Crippen molar-refractivity contribution in [1.29, 1.82) is 0 Å². The van der Waals surface area contributed by atoms with Crippen LogP contribution >= 0.6 is 11.8 Å². The van der Waals surface area contributed by atoms with Crippen molar-refractivity contribution >= 4 is 23.6 Å². The average Bonchev–Trinajstić information content (AvgIpc) is 2.82. The predicted octanol–water partition coefficient (Wildman–Crippen LogP) is 1.28. The Balaban J connectivity index is 1.81. The number of thioether (sulfide) groups is 1. The fourth-order valence-corrected chi connectivity index (χ4v) is 4.78. The molecule has 0 radical (unpaired) electrons. The summed E-state index contributed by atoms with van der Waals surface area (Å²) in [5.41, 5.74) is 0.873. The van der Waals surface area contributed by atoms with Crippen molar-refractivity contribution in [2.75, 3.05) is 5.75 Å². The topological polar surface area (TPSA) is 81.7 Å². The van der Waals surface area contributed by atoms with Gasteiger partial charge in [-0.1, -0.05) is 6.92 Å². The predicted molar refractivity (Wildman–Crippen MR) is 92.7 cm³/mol. The van der Waals surface area contributed by atoms with Crippen molar-refractivity contribution in [3.63, 3.8) is 0 Å². The number of rotatable bonds is 6. The number of pyridine rings is 1. The first kappa shape index (κ1) is 17.9. The van der Waals surface area contributed by atoms with Crippen LogP contribution in [0.3, 0.4) is 0 Å². The Morgan fingerprint density at radius 3 is 2.56 bits per heavy atom. The maximum atomic E-state index is 12.3. The number of aromatic nitrogens is 1. The Bertz CT molecular complexity index is 729. The van der Waals surface area contributed by atoms with Gasteiger partial charge in [-0.25, -0.2) is 9.36 Å². The Morgan fingerprint density at radius 2 is 2.04 bits per heavy atom. The minimum Gasteiger partial charge on any atom is -0.477 e. The Kier molecular flexibility index (Phi) is 4.88. The van der Waals surface area contributed by atoms with E-state index in [0.29, 0.717) is 5.75 Å². The summed E-state index contributed by atoms with van der Waals surface area (Å²) in [4.78, 5) is 26.5. The van der Waals surface area contributed by atoms with E-state index >= 15 is 0 Å². The van der Waals surface area contributed by atoms with E-state index in [9.17, 15) is 19.8 Å². The lowest BCUT2D eigenvalue weighted by Gasteiger charge is -2.46. The minimum atomic E-state index is -1.07. The number of aliphatic carboxylic acids is 1. The highest BCUT2D eigenvalue weighted by atomic mass is 32.2. The van der Waals surface area contributed by atoms with Crippen LogP contribution in [-0.2, 0) is 16.1 Å². The summed E-state index contributed by atoms with van der Waals surface area (Å²) < 4.78 is 2.06. The van der Waals surface area contributed by atoms with Crippen LogP contribution in [-0.4, -0.2) is 44.9 Å². The molecule has 3 rings (SSSR count). The van der Waals surface area contributed by atoms with Crippen LogP contribution in [0.5, 0.6) is 0 Å². The van der Waals surface area contributed by atoms with Gasteiger partial charge in [-0.3, -0.25) is 4.79 Å². The molecule has 0 unspecified atom stereocenters. The van der Waals surface area contributed by atoms with E-state index in [2.05, 4.69) is 11.5 Å². The quantitative estimate of drug-likeness (QED) is 0.452. The van der Waals surface area contributed by atoms with E-state index in [1.54, 1.807) is 18.7 Å². The van der Waals surface area contributed by atoms with Crippen LogP contribution < -0.4 is 4.57 Å². The highest BCUT2D eigenvalue weighted by molar-refractivity contribution is 7.99. The summed E-state index contributed by atoms with van der Waals surface area (Å²) in [6, 6.07) is 3.77. The number of hydrogen-bond acceptors (Lipinski definition) is 4. The number of β-lactam (4-membered cyclic amide) rings is 1. The number of nitrogens with zero attached hydrogens (tertiary/aromatic N) is 2. The summed E-state index contributed by atoms with van der Waals surface area (Å²) in [7, 11) is 0. The molecule has 2 aliphatic rings. The van der Waals surface area contributed by atoms with Crippen molar-refractivity contribution in [2.24, 2.45) is 11.8 Å². The number of hydrogen-bond donors (Lipinski definition) is 2.